The number of carbonyl (C=O) groups is 2. The average molecular weight is 563 g/mol. The van der Waals surface area contributed by atoms with Crippen LogP contribution in [-0.4, -0.2) is 26.8 Å². The summed E-state index contributed by atoms with van der Waals surface area (Å²) < 4.78 is 1.84. The van der Waals surface area contributed by atoms with Gasteiger partial charge in [0.25, 0.3) is 5.91 Å². The summed E-state index contributed by atoms with van der Waals surface area (Å²) in [5.41, 5.74) is 7.52. The minimum atomic E-state index is -1.00. The minimum absolute atomic E-state index is 0.185. The second kappa shape index (κ2) is 11.9. The summed E-state index contributed by atoms with van der Waals surface area (Å²) in [6.45, 7) is 0.687. The van der Waals surface area contributed by atoms with Crippen LogP contribution in [0.15, 0.2) is 121 Å². The maximum atomic E-state index is 13.8. The molecule has 0 spiro atoms. The van der Waals surface area contributed by atoms with Crippen LogP contribution in [-0.2, 0) is 13.1 Å². The zero-order chi connectivity index (χ0) is 29.8. The van der Waals surface area contributed by atoms with Crippen molar-refractivity contribution in [1.29, 1.82) is 5.26 Å². The van der Waals surface area contributed by atoms with E-state index in [0.29, 0.717) is 23.2 Å². The number of hydrogen-bond donors (Lipinski definition) is 2. The molecule has 0 fully saturated rings. The van der Waals surface area contributed by atoms with E-state index in [2.05, 4.69) is 40.8 Å². The first kappa shape index (κ1) is 27.2. The lowest BCUT2D eigenvalue weighted by molar-refractivity contribution is 0.0696. The Balaban J connectivity index is 1.37. The Morgan fingerprint density at radius 2 is 1.49 bits per heavy atom. The molecule has 0 radical (unpaired) electrons. The van der Waals surface area contributed by atoms with E-state index in [9.17, 15) is 20.0 Å². The number of nitriles is 1. The summed E-state index contributed by atoms with van der Waals surface area (Å²) in [6, 6.07) is 38.1. The van der Waals surface area contributed by atoms with Crippen molar-refractivity contribution < 1.29 is 14.7 Å². The number of aromatic nitrogens is 2. The number of rotatable bonds is 8. The van der Waals surface area contributed by atoms with Crippen molar-refractivity contribution in [2.45, 2.75) is 13.1 Å². The molecule has 0 aliphatic carbocycles. The normalized spacial score (nSPS) is 10.8. The predicted molar refractivity (Wildman–Crippen MR) is 165 cm³/mol. The van der Waals surface area contributed by atoms with E-state index in [1.165, 1.54) is 12.1 Å². The van der Waals surface area contributed by atoms with E-state index in [0.717, 1.165) is 38.8 Å². The van der Waals surface area contributed by atoms with Crippen molar-refractivity contribution >= 4 is 22.8 Å². The van der Waals surface area contributed by atoms with Crippen LogP contribution in [0.3, 0.4) is 0 Å². The Kier molecular flexibility index (Phi) is 7.49. The summed E-state index contributed by atoms with van der Waals surface area (Å²) >= 11 is 0. The lowest BCUT2D eigenvalue weighted by Crippen LogP contribution is -2.24. The van der Waals surface area contributed by atoms with Crippen molar-refractivity contribution in [3.05, 3.63) is 149 Å². The number of benzene rings is 5. The molecule has 6 rings (SSSR count). The van der Waals surface area contributed by atoms with Crippen LogP contribution in [0, 0.1) is 11.3 Å². The van der Waals surface area contributed by atoms with Crippen molar-refractivity contribution in [3.63, 3.8) is 0 Å². The van der Waals surface area contributed by atoms with Gasteiger partial charge in [-0.3, -0.25) is 9.48 Å². The summed E-state index contributed by atoms with van der Waals surface area (Å²) in [5, 5.41) is 27.1. The van der Waals surface area contributed by atoms with E-state index in [1.54, 1.807) is 30.5 Å². The Hall–Kier alpha value is -6.00. The topological polar surface area (TPSA) is 108 Å². The van der Waals surface area contributed by atoms with Gasteiger partial charge in [-0.15, -0.1) is 0 Å². The fourth-order valence-electron chi connectivity index (χ4n) is 5.16. The van der Waals surface area contributed by atoms with Gasteiger partial charge < -0.3 is 10.4 Å². The molecule has 2 N–H and O–H groups in total. The average Bonchev–Trinajstić information content (AvgIpc) is 3.46. The molecule has 5 aromatic carbocycles. The molecule has 0 unspecified atom stereocenters. The quantitative estimate of drug-likeness (QED) is 0.209. The lowest BCUT2D eigenvalue weighted by atomic mass is 9.98. The van der Waals surface area contributed by atoms with Gasteiger partial charge in [0.15, 0.2) is 0 Å². The number of aromatic carboxylic acids is 1. The number of carboxylic acid groups (broad SMARTS) is 1. The van der Waals surface area contributed by atoms with Crippen molar-refractivity contribution in [2.75, 3.05) is 0 Å². The second-order valence-corrected chi connectivity index (χ2v) is 10.2. The first-order chi connectivity index (χ1) is 21.0. The number of carbonyl (C=O) groups excluding carboxylic acids is 1. The Morgan fingerprint density at radius 3 is 2.23 bits per heavy atom. The maximum Gasteiger partial charge on any atom is 0.335 e. The van der Waals surface area contributed by atoms with E-state index in [1.807, 2.05) is 59.3 Å². The molecule has 1 aromatic heterocycles. The third-order valence-electron chi connectivity index (χ3n) is 7.32. The number of hydrogen-bond acceptors (Lipinski definition) is 4. The number of amides is 1. The molecule has 0 saturated heterocycles. The van der Waals surface area contributed by atoms with Gasteiger partial charge in [-0.25, -0.2) is 4.79 Å². The molecule has 43 heavy (non-hydrogen) atoms. The largest absolute Gasteiger partial charge is 0.478 e. The Morgan fingerprint density at radius 1 is 0.767 bits per heavy atom. The van der Waals surface area contributed by atoms with E-state index in [-0.39, 0.29) is 18.0 Å². The van der Waals surface area contributed by atoms with Gasteiger partial charge in [-0.1, -0.05) is 72.8 Å². The summed E-state index contributed by atoms with van der Waals surface area (Å²) in [4.78, 5) is 25.0. The highest BCUT2D eigenvalue weighted by Gasteiger charge is 2.18. The zero-order valence-electron chi connectivity index (χ0n) is 23.1. The minimum Gasteiger partial charge on any atom is -0.478 e. The molecule has 1 heterocycles. The first-order valence-corrected chi connectivity index (χ1v) is 13.7. The van der Waals surface area contributed by atoms with Crippen LogP contribution in [0.5, 0.6) is 0 Å². The Labute approximate surface area is 248 Å². The third-order valence-corrected chi connectivity index (χ3v) is 7.32. The van der Waals surface area contributed by atoms with Crippen molar-refractivity contribution in [3.8, 4) is 28.3 Å². The van der Waals surface area contributed by atoms with Gasteiger partial charge in [0.05, 0.1) is 41.0 Å². The van der Waals surface area contributed by atoms with Gasteiger partial charge in [0.2, 0.25) is 0 Å². The molecule has 1 amide bonds. The van der Waals surface area contributed by atoms with Gasteiger partial charge in [0, 0.05) is 11.9 Å². The summed E-state index contributed by atoms with van der Waals surface area (Å²) in [6.07, 6.45) is 1.76. The van der Waals surface area contributed by atoms with Gasteiger partial charge in [-0.2, -0.15) is 10.4 Å². The molecule has 7 heteroatoms. The highest BCUT2D eigenvalue weighted by Crippen LogP contribution is 2.30. The van der Waals surface area contributed by atoms with Crippen LogP contribution < -0.4 is 5.32 Å². The third kappa shape index (κ3) is 5.90. The zero-order valence-corrected chi connectivity index (χ0v) is 23.1. The molecule has 6 aromatic rings. The second-order valence-electron chi connectivity index (χ2n) is 10.2. The fourth-order valence-corrected chi connectivity index (χ4v) is 5.16. The predicted octanol–water partition coefficient (Wildman–Crippen LogP) is 6.92. The van der Waals surface area contributed by atoms with E-state index >= 15 is 0 Å². The lowest BCUT2D eigenvalue weighted by Gasteiger charge is -2.13. The molecule has 0 aliphatic heterocycles. The number of fused-ring (bicyclic) bond motifs is 1. The number of nitrogens with one attached hydrogen (secondary N) is 1. The maximum absolute atomic E-state index is 13.8. The van der Waals surface area contributed by atoms with Crippen LogP contribution in [0.25, 0.3) is 33.2 Å². The van der Waals surface area contributed by atoms with Gasteiger partial charge in [0.1, 0.15) is 0 Å². The molecule has 0 bridgehead atoms. The molecular weight excluding hydrogens is 536 g/mol. The van der Waals surface area contributed by atoms with Gasteiger partial charge in [-0.05, 0) is 75.8 Å². The van der Waals surface area contributed by atoms with Crippen LogP contribution in [0.1, 0.15) is 37.4 Å². The fraction of sp³-hybridized carbons (Fsp3) is 0.0556. The van der Waals surface area contributed by atoms with Crippen LogP contribution >= 0.6 is 0 Å². The number of nitrogens with zero attached hydrogens (tertiary/aromatic N) is 3. The smallest absolute Gasteiger partial charge is 0.335 e. The summed E-state index contributed by atoms with van der Waals surface area (Å²) in [7, 11) is 0. The molecule has 0 aliphatic rings. The van der Waals surface area contributed by atoms with Crippen LogP contribution in [0.4, 0.5) is 0 Å². The number of carboxylic acids is 1. The SMILES string of the molecule is N#Cc1cccc(-c2cc(C(=O)NCc3ccc(C(=O)O)cc3)c3c(cnn3Cc3cccc(-c4ccccc4)c3)c2)c1. The summed E-state index contributed by atoms with van der Waals surface area (Å²) in [5.74, 6) is -1.29. The van der Waals surface area contributed by atoms with E-state index < -0.39 is 5.97 Å². The van der Waals surface area contributed by atoms with Crippen molar-refractivity contribution in [2.24, 2.45) is 0 Å². The molecular formula is C36H26N4O3. The first-order valence-electron chi connectivity index (χ1n) is 13.7. The Bertz CT molecular complexity index is 2010. The highest BCUT2D eigenvalue weighted by atomic mass is 16.4. The monoisotopic (exact) mass is 562 g/mol. The molecule has 0 atom stereocenters. The highest BCUT2D eigenvalue weighted by molar-refractivity contribution is 6.07. The molecule has 0 saturated carbocycles. The van der Waals surface area contributed by atoms with E-state index in [4.69, 9.17) is 0 Å². The molecule has 208 valence electrons. The molecule has 7 nitrogen and oxygen atoms in total. The van der Waals surface area contributed by atoms with Crippen LogP contribution in [0.2, 0.25) is 0 Å². The van der Waals surface area contributed by atoms with Gasteiger partial charge >= 0.3 is 5.97 Å². The van der Waals surface area contributed by atoms with Crippen molar-refractivity contribution in [1.82, 2.24) is 15.1 Å². The standard InChI is InChI=1S/C36H26N4O3/c37-20-25-6-4-11-30(16-25)31-18-32-22-39-40(23-26-7-5-10-29(17-26)27-8-2-1-3-9-27)34(32)33(19-31)35(41)38-21-24-12-14-28(15-13-24)36(42)43/h1-19,22H,21,23H2,(H,38,41)(H,42,43).